The van der Waals surface area contributed by atoms with Crippen LogP contribution in [0.3, 0.4) is 0 Å². The highest BCUT2D eigenvalue weighted by Crippen LogP contribution is 2.53. The molecule has 0 N–H and O–H groups in total. The summed E-state index contributed by atoms with van der Waals surface area (Å²) in [5, 5.41) is 0. The van der Waals surface area contributed by atoms with Gasteiger partial charge in [-0.3, -0.25) is 14.4 Å². The van der Waals surface area contributed by atoms with Gasteiger partial charge in [0.2, 0.25) is 0 Å². The molecule has 0 spiro atoms. The number of ketones is 1. The molecule has 3 atom stereocenters. The SMILES string of the molecule is CC(=O)O[C@@H]1OC(=O)[C@@](C(C)=O)(C2SCCCS2)[C@@H]1C. The Morgan fingerprint density at radius 1 is 1.30 bits per heavy atom. The lowest BCUT2D eigenvalue weighted by atomic mass is 9.76. The zero-order valence-electron chi connectivity index (χ0n) is 11.7. The molecule has 0 aromatic carbocycles. The summed E-state index contributed by atoms with van der Waals surface area (Å²) in [6.45, 7) is 4.43. The van der Waals surface area contributed by atoms with Gasteiger partial charge in [-0.05, 0) is 24.9 Å². The highest BCUT2D eigenvalue weighted by molar-refractivity contribution is 8.17. The summed E-state index contributed by atoms with van der Waals surface area (Å²) in [6, 6.07) is 0. The van der Waals surface area contributed by atoms with Gasteiger partial charge in [0.15, 0.2) is 5.41 Å². The number of ether oxygens (including phenoxy) is 2. The molecule has 0 unspecified atom stereocenters. The number of thioether (sulfide) groups is 2. The first-order valence-corrected chi connectivity index (χ1v) is 8.63. The van der Waals surface area contributed by atoms with Gasteiger partial charge in [0.1, 0.15) is 5.78 Å². The lowest BCUT2D eigenvalue weighted by Crippen LogP contribution is -2.48. The minimum absolute atomic E-state index is 0.170. The van der Waals surface area contributed by atoms with Crippen molar-refractivity contribution < 1.29 is 23.9 Å². The van der Waals surface area contributed by atoms with Crippen molar-refractivity contribution in [1.29, 1.82) is 0 Å². The molecule has 0 amide bonds. The summed E-state index contributed by atoms with van der Waals surface area (Å²) in [5.74, 6) is 0.0835. The average Bonchev–Trinajstić information content (AvgIpc) is 2.62. The van der Waals surface area contributed by atoms with Crippen molar-refractivity contribution in [2.24, 2.45) is 11.3 Å². The first-order valence-electron chi connectivity index (χ1n) is 6.53. The molecular weight excluding hydrogens is 300 g/mol. The Hall–Kier alpha value is -0.690. The largest absolute Gasteiger partial charge is 0.425 e. The fraction of sp³-hybridized carbons (Fsp3) is 0.769. The standard InChI is InChI=1S/C13H18O5S2/c1-7-10(17-9(3)15)18-11(16)13(7,8(2)14)12-19-5-4-6-20-12/h7,10,12H,4-6H2,1-3H3/t7-,10-,13-/m1/s1. The highest BCUT2D eigenvalue weighted by Gasteiger charge is 2.64. The van der Waals surface area contributed by atoms with Crippen molar-refractivity contribution in [1.82, 2.24) is 0 Å². The quantitative estimate of drug-likeness (QED) is 0.581. The van der Waals surface area contributed by atoms with E-state index in [0.717, 1.165) is 17.9 Å². The number of hydrogen-bond donors (Lipinski definition) is 0. The Kier molecular flexibility index (Phi) is 4.69. The maximum Gasteiger partial charge on any atom is 0.325 e. The third kappa shape index (κ3) is 2.45. The van der Waals surface area contributed by atoms with E-state index in [4.69, 9.17) is 9.47 Å². The monoisotopic (exact) mass is 318 g/mol. The lowest BCUT2D eigenvalue weighted by molar-refractivity contribution is -0.179. The predicted molar refractivity (Wildman–Crippen MR) is 77.2 cm³/mol. The molecule has 20 heavy (non-hydrogen) atoms. The van der Waals surface area contributed by atoms with Gasteiger partial charge in [0.25, 0.3) is 6.29 Å². The van der Waals surface area contributed by atoms with Crippen molar-refractivity contribution in [3.8, 4) is 0 Å². The van der Waals surface area contributed by atoms with Crippen molar-refractivity contribution in [2.45, 2.75) is 38.1 Å². The van der Waals surface area contributed by atoms with E-state index >= 15 is 0 Å². The highest BCUT2D eigenvalue weighted by atomic mass is 32.2. The van der Waals surface area contributed by atoms with Crippen LogP contribution in [-0.4, -0.2) is 40.1 Å². The zero-order valence-corrected chi connectivity index (χ0v) is 13.3. The molecule has 2 rings (SSSR count). The molecular formula is C13H18O5S2. The summed E-state index contributed by atoms with van der Waals surface area (Å²) in [7, 11) is 0. The van der Waals surface area contributed by atoms with E-state index < -0.39 is 29.6 Å². The smallest absolute Gasteiger partial charge is 0.325 e. The fourth-order valence-electron chi connectivity index (χ4n) is 2.69. The molecule has 2 aliphatic rings. The van der Waals surface area contributed by atoms with Crippen molar-refractivity contribution >= 4 is 41.2 Å². The Balaban J connectivity index is 2.33. The Morgan fingerprint density at radius 2 is 1.90 bits per heavy atom. The second-order valence-corrected chi connectivity index (χ2v) is 7.75. The van der Waals surface area contributed by atoms with E-state index in [0.29, 0.717) is 0 Å². The number of Topliss-reactive ketones (excluding diaryl/α,β-unsaturated/α-hetero) is 1. The van der Waals surface area contributed by atoms with Gasteiger partial charge in [-0.2, -0.15) is 0 Å². The van der Waals surface area contributed by atoms with E-state index in [9.17, 15) is 14.4 Å². The van der Waals surface area contributed by atoms with Crippen LogP contribution in [0.15, 0.2) is 0 Å². The molecule has 0 saturated carbocycles. The van der Waals surface area contributed by atoms with Crippen LogP contribution in [0.5, 0.6) is 0 Å². The van der Waals surface area contributed by atoms with Crippen LogP contribution in [0, 0.1) is 11.3 Å². The van der Waals surface area contributed by atoms with Crippen LogP contribution < -0.4 is 0 Å². The minimum Gasteiger partial charge on any atom is -0.425 e. The van der Waals surface area contributed by atoms with Crippen LogP contribution in [-0.2, 0) is 23.9 Å². The molecule has 0 bridgehead atoms. The van der Waals surface area contributed by atoms with Gasteiger partial charge >= 0.3 is 11.9 Å². The maximum absolute atomic E-state index is 12.4. The van der Waals surface area contributed by atoms with Crippen LogP contribution in [0.25, 0.3) is 0 Å². The summed E-state index contributed by atoms with van der Waals surface area (Å²) in [4.78, 5) is 35.7. The molecule has 0 aromatic heterocycles. The summed E-state index contributed by atoms with van der Waals surface area (Å²) in [6.07, 6.45) is 0.100. The zero-order chi connectivity index (χ0) is 14.9. The topological polar surface area (TPSA) is 69.7 Å². The second kappa shape index (κ2) is 5.97. The average molecular weight is 318 g/mol. The van der Waals surface area contributed by atoms with Crippen LogP contribution in [0.1, 0.15) is 27.2 Å². The molecule has 2 saturated heterocycles. The fourth-order valence-corrected chi connectivity index (χ4v) is 6.36. The number of esters is 2. The van der Waals surface area contributed by atoms with Gasteiger partial charge < -0.3 is 9.47 Å². The molecule has 0 aromatic rings. The molecule has 7 heteroatoms. The first kappa shape index (κ1) is 15.7. The van der Waals surface area contributed by atoms with Crippen LogP contribution >= 0.6 is 23.5 Å². The third-order valence-corrected chi connectivity index (χ3v) is 6.97. The minimum atomic E-state index is -1.21. The van der Waals surface area contributed by atoms with Crippen molar-refractivity contribution in [3.05, 3.63) is 0 Å². The molecule has 2 fully saturated rings. The molecule has 0 radical (unpaired) electrons. The van der Waals surface area contributed by atoms with E-state index in [1.165, 1.54) is 13.8 Å². The van der Waals surface area contributed by atoms with Crippen LogP contribution in [0.4, 0.5) is 0 Å². The Labute approximate surface area is 126 Å². The van der Waals surface area contributed by atoms with Crippen molar-refractivity contribution in [3.63, 3.8) is 0 Å². The molecule has 2 aliphatic heterocycles. The maximum atomic E-state index is 12.4. The van der Waals surface area contributed by atoms with Crippen molar-refractivity contribution in [2.75, 3.05) is 11.5 Å². The van der Waals surface area contributed by atoms with E-state index in [1.807, 2.05) is 0 Å². The summed E-state index contributed by atoms with van der Waals surface area (Å²) < 4.78 is 10.1. The molecule has 112 valence electrons. The van der Waals surface area contributed by atoms with E-state index in [1.54, 1.807) is 30.4 Å². The third-order valence-electron chi connectivity index (χ3n) is 3.75. The molecule has 5 nitrogen and oxygen atoms in total. The van der Waals surface area contributed by atoms with Gasteiger partial charge in [-0.15, -0.1) is 23.5 Å². The lowest BCUT2D eigenvalue weighted by Gasteiger charge is -2.36. The van der Waals surface area contributed by atoms with Gasteiger partial charge in [-0.1, -0.05) is 6.92 Å². The normalized spacial score (nSPS) is 34.6. The molecule has 0 aliphatic carbocycles. The van der Waals surface area contributed by atoms with Gasteiger partial charge in [0, 0.05) is 6.92 Å². The number of cyclic esters (lactones) is 1. The summed E-state index contributed by atoms with van der Waals surface area (Å²) >= 11 is 3.23. The van der Waals surface area contributed by atoms with Gasteiger partial charge in [-0.25, -0.2) is 0 Å². The number of carbonyl (C=O) groups is 3. The number of rotatable bonds is 3. The predicted octanol–water partition coefficient (Wildman–Crippen LogP) is 1.84. The van der Waals surface area contributed by atoms with E-state index in [2.05, 4.69) is 0 Å². The number of hydrogen-bond acceptors (Lipinski definition) is 7. The van der Waals surface area contributed by atoms with E-state index in [-0.39, 0.29) is 10.4 Å². The molecule has 2 heterocycles. The Bertz CT molecular complexity index is 432. The summed E-state index contributed by atoms with van der Waals surface area (Å²) in [5.41, 5.74) is -1.21. The van der Waals surface area contributed by atoms with Gasteiger partial charge in [0.05, 0.1) is 10.5 Å². The van der Waals surface area contributed by atoms with Crippen LogP contribution in [0.2, 0.25) is 0 Å². The first-order chi connectivity index (χ1) is 9.40. The number of carbonyl (C=O) groups excluding carboxylic acids is 3. The second-order valence-electron chi connectivity index (χ2n) is 5.02. The Morgan fingerprint density at radius 3 is 2.40 bits per heavy atom.